The highest BCUT2D eigenvalue weighted by atomic mass is 79.9. The molecule has 0 saturated heterocycles. The zero-order valence-corrected chi connectivity index (χ0v) is 20.1. The molecule has 176 valence electrons. The summed E-state index contributed by atoms with van der Waals surface area (Å²) < 4.78 is 42.1. The molecule has 0 aliphatic carbocycles. The van der Waals surface area contributed by atoms with E-state index in [-0.39, 0.29) is 11.3 Å². The smallest absolute Gasteiger partial charge is 0.340 e. The van der Waals surface area contributed by atoms with Crippen molar-refractivity contribution < 1.29 is 18.0 Å². The van der Waals surface area contributed by atoms with Crippen molar-refractivity contribution >= 4 is 44.5 Å². The van der Waals surface area contributed by atoms with Gasteiger partial charge >= 0.3 is 6.18 Å². The number of para-hydroxylation sites is 1. The minimum Gasteiger partial charge on any atom is -0.340 e. The maximum atomic E-state index is 13.0. The zero-order chi connectivity index (χ0) is 25.2. The van der Waals surface area contributed by atoms with Gasteiger partial charge in [0.25, 0.3) is 5.91 Å². The number of aromatic nitrogens is 1. The van der Waals surface area contributed by atoms with Crippen molar-refractivity contribution in [1.82, 2.24) is 4.57 Å². The van der Waals surface area contributed by atoms with Crippen LogP contribution >= 0.6 is 15.9 Å². The molecule has 4 nitrogen and oxygen atoms in total. The number of carbonyl (C=O) groups excluding carboxylic acids is 1. The van der Waals surface area contributed by atoms with Crippen LogP contribution in [-0.4, -0.2) is 10.5 Å². The molecule has 1 heterocycles. The molecule has 0 atom stereocenters. The standard InChI is InChI=1S/C27H19BrF3N3O/c1-17-24(13-19(15-32)26(35)33-22-6-4-5-20(14-22)27(29,30)31)23-7-2-3-8-25(23)34(17)16-18-9-11-21(28)12-10-18/h2-14H,16H2,1H3,(H,33,35)/b19-13-. The minimum atomic E-state index is -4.54. The number of halogens is 4. The first-order valence-corrected chi connectivity index (χ1v) is 11.4. The largest absolute Gasteiger partial charge is 0.416 e. The lowest BCUT2D eigenvalue weighted by atomic mass is 10.1. The lowest BCUT2D eigenvalue weighted by Crippen LogP contribution is -2.14. The van der Waals surface area contributed by atoms with Gasteiger partial charge in [0.1, 0.15) is 11.6 Å². The van der Waals surface area contributed by atoms with Gasteiger partial charge in [0.15, 0.2) is 0 Å². The number of rotatable bonds is 5. The summed E-state index contributed by atoms with van der Waals surface area (Å²) in [7, 11) is 0. The monoisotopic (exact) mass is 537 g/mol. The average molecular weight is 538 g/mol. The highest BCUT2D eigenvalue weighted by Crippen LogP contribution is 2.31. The van der Waals surface area contributed by atoms with E-state index in [4.69, 9.17) is 0 Å². The number of hydrogen-bond donors (Lipinski definition) is 1. The highest BCUT2D eigenvalue weighted by molar-refractivity contribution is 9.10. The van der Waals surface area contributed by atoms with E-state index in [9.17, 15) is 23.2 Å². The van der Waals surface area contributed by atoms with Crippen molar-refractivity contribution in [2.24, 2.45) is 0 Å². The molecule has 35 heavy (non-hydrogen) atoms. The fraction of sp³-hybridized carbons (Fsp3) is 0.111. The summed E-state index contributed by atoms with van der Waals surface area (Å²) in [4.78, 5) is 12.8. The SMILES string of the molecule is Cc1c(/C=C(/C#N)C(=O)Nc2cccc(C(F)(F)F)c2)c2ccccc2n1Cc1ccc(Br)cc1. The minimum absolute atomic E-state index is 0.0413. The van der Waals surface area contributed by atoms with Crippen LogP contribution in [0.2, 0.25) is 0 Å². The fourth-order valence-electron chi connectivity index (χ4n) is 3.88. The number of carbonyl (C=O) groups is 1. The van der Waals surface area contributed by atoms with E-state index in [0.717, 1.165) is 38.8 Å². The van der Waals surface area contributed by atoms with Gasteiger partial charge in [0, 0.05) is 38.9 Å². The molecule has 0 radical (unpaired) electrons. The van der Waals surface area contributed by atoms with Crippen LogP contribution in [0.3, 0.4) is 0 Å². The predicted octanol–water partition coefficient (Wildman–Crippen LogP) is 7.33. The van der Waals surface area contributed by atoms with Crippen LogP contribution in [0.4, 0.5) is 18.9 Å². The number of amides is 1. The van der Waals surface area contributed by atoms with Crippen LogP contribution < -0.4 is 5.32 Å². The maximum absolute atomic E-state index is 13.0. The van der Waals surface area contributed by atoms with E-state index in [1.54, 1.807) is 0 Å². The Hall–Kier alpha value is -3.83. The van der Waals surface area contributed by atoms with E-state index in [2.05, 4.69) is 25.8 Å². The average Bonchev–Trinajstić information content (AvgIpc) is 3.09. The van der Waals surface area contributed by atoms with Crippen molar-refractivity contribution in [2.45, 2.75) is 19.6 Å². The van der Waals surface area contributed by atoms with Gasteiger partial charge in [0.05, 0.1) is 5.56 Å². The van der Waals surface area contributed by atoms with Gasteiger partial charge < -0.3 is 9.88 Å². The molecule has 1 N–H and O–H groups in total. The van der Waals surface area contributed by atoms with Gasteiger partial charge in [-0.05, 0) is 55.0 Å². The number of benzene rings is 3. The van der Waals surface area contributed by atoms with Gasteiger partial charge in [-0.2, -0.15) is 18.4 Å². The van der Waals surface area contributed by atoms with Crippen molar-refractivity contribution in [2.75, 3.05) is 5.32 Å². The number of nitrogens with one attached hydrogen (secondary N) is 1. The molecule has 4 aromatic rings. The fourth-order valence-corrected chi connectivity index (χ4v) is 4.15. The molecule has 0 aliphatic heterocycles. The predicted molar refractivity (Wildman–Crippen MR) is 134 cm³/mol. The van der Waals surface area contributed by atoms with Crippen molar-refractivity contribution in [1.29, 1.82) is 5.26 Å². The number of nitrogens with zero attached hydrogens (tertiary/aromatic N) is 2. The molecule has 0 fully saturated rings. The Bertz CT molecular complexity index is 1480. The number of fused-ring (bicyclic) bond motifs is 1. The van der Waals surface area contributed by atoms with Gasteiger partial charge in [-0.1, -0.05) is 52.3 Å². The Labute approximate surface area is 208 Å². The van der Waals surface area contributed by atoms with Crippen molar-refractivity contribution in [3.05, 3.63) is 105 Å². The quantitative estimate of drug-likeness (QED) is 0.214. The van der Waals surface area contributed by atoms with E-state index in [1.165, 1.54) is 18.2 Å². The Morgan fingerprint density at radius 2 is 1.80 bits per heavy atom. The molecule has 3 aromatic carbocycles. The maximum Gasteiger partial charge on any atom is 0.416 e. The Morgan fingerprint density at radius 3 is 2.49 bits per heavy atom. The van der Waals surface area contributed by atoms with Crippen LogP contribution in [-0.2, 0) is 17.5 Å². The molecule has 0 unspecified atom stereocenters. The Balaban J connectivity index is 1.70. The summed E-state index contributed by atoms with van der Waals surface area (Å²) in [6.07, 6.45) is -3.05. The van der Waals surface area contributed by atoms with Crippen LogP contribution in [0, 0.1) is 18.3 Å². The number of hydrogen-bond acceptors (Lipinski definition) is 2. The molecule has 0 saturated carbocycles. The summed E-state index contributed by atoms with van der Waals surface area (Å²) >= 11 is 3.44. The van der Waals surface area contributed by atoms with Gasteiger partial charge in [-0.15, -0.1) is 0 Å². The second-order valence-corrected chi connectivity index (χ2v) is 8.85. The summed E-state index contributed by atoms with van der Waals surface area (Å²) in [6.45, 7) is 2.50. The van der Waals surface area contributed by atoms with Gasteiger partial charge in [0.2, 0.25) is 0 Å². The topological polar surface area (TPSA) is 57.8 Å². The molecule has 1 aromatic heterocycles. The zero-order valence-electron chi connectivity index (χ0n) is 18.5. The molecule has 4 rings (SSSR count). The Morgan fingerprint density at radius 1 is 1.09 bits per heavy atom. The Kier molecular flexibility index (Phi) is 6.81. The number of nitriles is 1. The van der Waals surface area contributed by atoms with E-state index in [1.807, 2.05) is 61.5 Å². The molecule has 8 heteroatoms. The molecule has 0 spiro atoms. The van der Waals surface area contributed by atoms with Crippen molar-refractivity contribution in [3.8, 4) is 6.07 Å². The molecule has 0 aliphatic rings. The molecular formula is C27H19BrF3N3O. The van der Waals surface area contributed by atoms with E-state index >= 15 is 0 Å². The third-order valence-electron chi connectivity index (χ3n) is 5.64. The number of alkyl halides is 3. The lowest BCUT2D eigenvalue weighted by Gasteiger charge is -2.10. The van der Waals surface area contributed by atoms with Crippen LogP contribution in [0.1, 0.15) is 22.4 Å². The first-order valence-electron chi connectivity index (χ1n) is 10.6. The van der Waals surface area contributed by atoms with Crippen LogP contribution in [0.5, 0.6) is 0 Å². The lowest BCUT2D eigenvalue weighted by molar-refractivity contribution is -0.137. The van der Waals surface area contributed by atoms with E-state index < -0.39 is 17.6 Å². The van der Waals surface area contributed by atoms with E-state index in [0.29, 0.717) is 12.1 Å². The summed E-state index contributed by atoms with van der Waals surface area (Å²) in [5, 5.41) is 12.9. The molecule has 0 bridgehead atoms. The summed E-state index contributed by atoms with van der Waals surface area (Å²) in [5.74, 6) is -0.782. The second-order valence-electron chi connectivity index (χ2n) is 7.93. The third-order valence-corrected chi connectivity index (χ3v) is 6.16. The summed E-state index contributed by atoms with van der Waals surface area (Å²) in [5.41, 5.74) is 2.44. The number of anilines is 1. The normalized spacial score (nSPS) is 11.9. The first-order chi connectivity index (χ1) is 16.7. The first kappa shape index (κ1) is 24.3. The summed E-state index contributed by atoms with van der Waals surface area (Å²) in [6, 6.07) is 21.8. The highest BCUT2D eigenvalue weighted by Gasteiger charge is 2.30. The van der Waals surface area contributed by atoms with Gasteiger partial charge in [-0.25, -0.2) is 0 Å². The molecule has 1 amide bonds. The van der Waals surface area contributed by atoms with Gasteiger partial charge in [-0.3, -0.25) is 4.79 Å². The van der Waals surface area contributed by atoms with Crippen molar-refractivity contribution in [3.63, 3.8) is 0 Å². The molecular weight excluding hydrogens is 519 g/mol. The second kappa shape index (κ2) is 9.80. The van der Waals surface area contributed by atoms with Crippen LogP contribution in [0.15, 0.2) is 82.8 Å². The van der Waals surface area contributed by atoms with Crippen LogP contribution in [0.25, 0.3) is 17.0 Å². The third kappa shape index (κ3) is 5.31.